The Labute approximate surface area is 173 Å². The topological polar surface area (TPSA) is 46.3 Å². The van der Waals surface area contributed by atoms with Crippen molar-refractivity contribution in [3.8, 4) is 11.5 Å². The third-order valence-electron chi connectivity index (χ3n) is 4.88. The van der Waals surface area contributed by atoms with E-state index < -0.39 is 0 Å². The fourth-order valence-corrected chi connectivity index (χ4v) is 4.63. The van der Waals surface area contributed by atoms with Crippen LogP contribution in [0.15, 0.2) is 57.8 Å². The van der Waals surface area contributed by atoms with E-state index in [-0.39, 0.29) is 5.91 Å². The Kier molecular flexibility index (Phi) is 5.78. The number of para-hydroxylation sites is 1. The normalized spacial score (nSPS) is 13.0. The number of carbonyl (C=O) groups excluding carboxylic acids is 1. The first-order valence-corrected chi connectivity index (χ1v) is 11.6. The van der Waals surface area contributed by atoms with Gasteiger partial charge in [-0.25, -0.2) is 4.98 Å². The average molecular weight is 411 g/mol. The minimum atomic E-state index is 0.156. The molecular formula is C22H22N2O2S2. The maximum atomic E-state index is 12.6. The lowest BCUT2D eigenvalue weighted by Gasteiger charge is -2.16. The van der Waals surface area contributed by atoms with Gasteiger partial charge in [0.15, 0.2) is 0 Å². The summed E-state index contributed by atoms with van der Waals surface area (Å²) in [5, 5.41) is 0. The van der Waals surface area contributed by atoms with Crippen molar-refractivity contribution in [1.82, 2.24) is 4.98 Å². The first-order chi connectivity index (χ1) is 13.7. The van der Waals surface area contributed by atoms with E-state index in [0.717, 1.165) is 35.7 Å². The third kappa shape index (κ3) is 3.98. The standard InChI is InChI=1S/C22H22N2O2S2/c1-15-19(23-22(26-15)17-7-9-18(27-2)10-8-17)13-28-14-21(25)24-12-11-16-5-3-4-6-20(16)24/h3-10H,11-14H2,1-2H3. The van der Waals surface area contributed by atoms with Gasteiger partial charge >= 0.3 is 0 Å². The van der Waals surface area contributed by atoms with Crippen LogP contribution in [-0.2, 0) is 17.0 Å². The molecule has 3 aromatic rings. The number of thioether (sulfide) groups is 2. The summed E-state index contributed by atoms with van der Waals surface area (Å²) >= 11 is 3.30. The van der Waals surface area contributed by atoms with E-state index >= 15 is 0 Å². The van der Waals surface area contributed by atoms with Gasteiger partial charge in [-0.15, -0.1) is 23.5 Å². The van der Waals surface area contributed by atoms with Crippen LogP contribution in [0, 0.1) is 6.92 Å². The molecule has 4 nitrogen and oxygen atoms in total. The zero-order valence-corrected chi connectivity index (χ0v) is 17.6. The number of nitrogens with zero attached hydrogens (tertiary/aromatic N) is 2. The lowest BCUT2D eigenvalue weighted by Crippen LogP contribution is -2.30. The summed E-state index contributed by atoms with van der Waals surface area (Å²) in [5.74, 6) is 2.72. The first-order valence-electron chi connectivity index (χ1n) is 9.22. The summed E-state index contributed by atoms with van der Waals surface area (Å²) in [5.41, 5.74) is 4.19. The second kappa shape index (κ2) is 8.45. The Morgan fingerprint density at radius 2 is 1.96 bits per heavy atom. The number of fused-ring (bicyclic) bond motifs is 1. The van der Waals surface area contributed by atoms with Crippen molar-refractivity contribution in [2.75, 3.05) is 23.5 Å². The smallest absolute Gasteiger partial charge is 0.237 e. The fraction of sp³-hybridized carbons (Fsp3) is 0.273. The van der Waals surface area contributed by atoms with E-state index in [2.05, 4.69) is 29.4 Å². The first kappa shape index (κ1) is 19.2. The molecule has 28 heavy (non-hydrogen) atoms. The number of benzene rings is 2. The van der Waals surface area contributed by atoms with Gasteiger partial charge in [0, 0.05) is 28.4 Å². The van der Waals surface area contributed by atoms with Crippen molar-refractivity contribution in [2.24, 2.45) is 0 Å². The average Bonchev–Trinajstić information content (AvgIpc) is 3.32. The van der Waals surface area contributed by atoms with Crippen molar-refractivity contribution in [1.29, 1.82) is 0 Å². The predicted molar refractivity (Wildman–Crippen MR) is 117 cm³/mol. The molecule has 0 atom stereocenters. The highest BCUT2D eigenvalue weighted by atomic mass is 32.2. The number of hydrogen-bond acceptors (Lipinski definition) is 5. The molecule has 144 valence electrons. The van der Waals surface area contributed by atoms with Gasteiger partial charge in [-0.05, 0) is 55.5 Å². The molecule has 0 radical (unpaired) electrons. The maximum absolute atomic E-state index is 12.6. The summed E-state index contributed by atoms with van der Waals surface area (Å²) in [6.07, 6.45) is 3.00. The van der Waals surface area contributed by atoms with Crippen LogP contribution < -0.4 is 4.90 Å². The molecule has 0 bridgehead atoms. The number of rotatable bonds is 6. The van der Waals surface area contributed by atoms with E-state index in [0.29, 0.717) is 17.4 Å². The van der Waals surface area contributed by atoms with Gasteiger partial charge in [-0.2, -0.15) is 0 Å². The van der Waals surface area contributed by atoms with Crippen molar-refractivity contribution < 1.29 is 9.21 Å². The molecule has 0 unspecified atom stereocenters. The Bertz CT molecular complexity index is 982. The molecule has 0 saturated heterocycles. The van der Waals surface area contributed by atoms with Crippen molar-refractivity contribution >= 4 is 35.1 Å². The molecular weight excluding hydrogens is 388 g/mol. The molecule has 2 heterocycles. The summed E-state index contributed by atoms with van der Waals surface area (Å²) in [6.45, 7) is 2.71. The van der Waals surface area contributed by atoms with Crippen LogP contribution in [0.3, 0.4) is 0 Å². The number of amides is 1. The molecule has 4 rings (SSSR count). The van der Waals surface area contributed by atoms with Crippen molar-refractivity contribution in [3.63, 3.8) is 0 Å². The third-order valence-corrected chi connectivity index (χ3v) is 6.55. The molecule has 0 fully saturated rings. The van der Waals surface area contributed by atoms with Gasteiger partial charge in [0.05, 0.1) is 11.4 Å². The minimum Gasteiger partial charge on any atom is -0.441 e. The quantitative estimate of drug-likeness (QED) is 0.523. The Morgan fingerprint density at radius 1 is 1.18 bits per heavy atom. The Balaban J connectivity index is 1.36. The predicted octanol–water partition coefficient (Wildman–Crippen LogP) is 5.19. The van der Waals surface area contributed by atoms with Gasteiger partial charge in [0.25, 0.3) is 0 Å². The fourth-order valence-electron chi connectivity index (χ4n) is 3.33. The van der Waals surface area contributed by atoms with Gasteiger partial charge in [0.2, 0.25) is 11.8 Å². The number of oxazole rings is 1. The molecule has 0 saturated carbocycles. The van der Waals surface area contributed by atoms with E-state index in [9.17, 15) is 4.79 Å². The highest BCUT2D eigenvalue weighted by molar-refractivity contribution is 7.99. The van der Waals surface area contributed by atoms with Gasteiger partial charge in [-0.1, -0.05) is 18.2 Å². The lowest BCUT2D eigenvalue weighted by atomic mass is 10.2. The minimum absolute atomic E-state index is 0.156. The largest absolute Gasteiger partial charge is 0.441 e. The van der Waals surface area contributed by atoms with E-state index in [4.69, 9.17) is 4.42 Å². The van der Waals surface area contributed by atoms with Gasteiger partial charge < -0.3 is 9.32 Å². The monoisotopic (exact) mass is 410 g/mol. The lowest BCUT2D eigenvalue weighted by molar-refractivity contribution is -0.116. The SMILES string of the molecule is CSc1ccc(-c2nc(CSCC(=O)N3CCc4ccccc43)c(C)o2)cc1. The van der Waals surface area contributed by atoms with E-state index in [1.807, 2.05) is 42.2 Å². The van der Waals surface area contributed by atoms with Gasteiger partial charge in [-0.3, -0.25) is 4.79 Å². The van der Waals surface area contributed by atoms with E-state index in [1.165, 1.54) is 10.5 Å². The summed E-state index contributed by atoms with van der Waals surface area (Å²) in [6, 6.07) is 16.3. The van der Waals surface area contributed by atoms with Crippen LogP contribution in [0.25, 0.3) is 11.5 Å². The van der Waals surface area contributed by atoms with Crippen LogP contribution in [0.4, 0.5) is 5.69 Å². The second-order valence-corrected chi connectivity index (χ2v) is 8.53. The second-order valence-electron chi connectivity index (χ2n) is 6.67. The molecule has 1 aliphatic heterocycles. The zero-order valence-electron chi connectivity index (χ0n) is 16.0. The number of hydrogen-bond donors (Lipinski definition) is 0. The number of aryl methyl sites for hydroxylation is 1. The summed E-state index contributed by atoms with van der Waals surface area (Å²) in [4.78, 5) is 20.4. The Morgan fingerprint density at radius 3 is 2.75 bits per heavy atom. The molecule has 0 N–H and O–H groups in total. The van der Waals surface area contributed by atoms with Crippen LogP contribution in [0.2, 0.25) is 0 Å². The number of carbonyl (C=O) groups is 1. The molecule has 2 aromatic carbocycles. The Hall–Kier alpha value is -2.18. The highest BCUT2D eigenvalue weighted by Crippen LogP contribution is 2.29. The highest BCUT2D eigenvalue weighted by Gasteiger charge is 2.24. The summed E-state index contributed by atoms with van der Waals surface area (Å²) < 4.78 is 5.85. The molecule has 0 aliphatic carbocycles. The maximum Gasteiger partial charge on any atom is 0.237 e. The van der Waals surface area contributed by atoms with Crippen LogP contribution in [0.1, 0.15) is 17.0 Å². The van der Waals surface area contributed by atoms with Crippen LogP contribution >= 0.6 is 23.5 Å². The van der Waals surface area contributed by atoms with Crippen molar-refractivity contribution in [3.05, 3.63) is 65.5 Å². The van der Waals surface area contributed by atoms with Crippen molar-refractivity contribution in [2.45, 2.75) is 24.0 Å². The molecule has 6 heteroatoms. The van der Waals surface area contributed by atoms with Crippen LogP contribution in [-0.4, -0.2) is 29.4 Å². The number of aromatic nitrogens is 1. The molecule has 1 amide bonds. The van der Waals surface area contributed by atoms with E-state index in [1.54, 1.807) is 23.5 Å². The molecule has 0 spiro atoms. The van der Waals surface area contributed by atoms with Crippen LogP contribution in [0.5, 0.6) is 0 Å². The zero-order chi connectivity index (χ0) is 19.5. The number of anilines is 1. The van der Waals surface area contributed by atoms with Gasteiger partial charge in [0.1, 0.15) is 5.76 Å². The molecule has 1 aromatic heterocycles. The summed E-state index contributed by atoms with van der Waals surface area (Å²) in [7, 11) is 0. The molecule has 1 aliphatic rings.